The van der Waals surface area contributed by atoms with Gasteiger partial charge in [-0.1, -0.05) is 46.6 Å². The van der Waals surface area contributed by atoms with Crippen LogP contribution >= 0.6 is 27.5 Å². The minimum Gasteiger partial charge on any atom is -0.452 e. The molecule has 1 heterocycles. The third-order valence-corrected chi connectivity index (χ3v) is 6.58. The van der Waals surface area contributed by atoms with E-state index in [1.54, 1.807) is 18.2 Å². The number of anilines is 2. The minimum absolute atomic E-state index is 0.00196. The van der Waals surface area contributed by atoms with Crippen LogP contribution in [0.1, 0.15) is 23.7 Å². The van der Waals surface area contributed by atoms with Gasteiger partial charge < -0.3 is 10.1 Å². The zero-order valence-corrected chi connectivity index (χ0v) is 19.9. The van der Waals surface area contributed by atoms with Gasteiger partial charge in [0, 0.05) is 4.47 Å². The molecule has 2 aliphatic rings. The number of allylic oxidation sites excluding steroid dienone is 2. The summed E-state index contributed by atoms with van der Waals surface area (Å²) in [6.07, 6.45) is 4.46. The van der Waals surface area contributed by atoms with Crippen molar-refractivity contribution in [3.8, 4) is 0 Å². The zero-order chi connectivity index (χ0) is 23.7. The van der Waals surface area contributed by atoms with Crippen molar-refractivity contribution in [2.75, 3.05) is 16.8 Å². The molecule has 0 unspecified atom stereocenters. The summed E-state index contributed by atoms with van der Waals surface area (Å²) in [5.41, 5.74) is 1.00. The second-order valence-corrected chi connectivity index (χ2v) is 9.29. The topological polar surface area (TPSA) is 92.8 Å². The van der Waals surface area contributed by atoms with Gasteiger partial charge in [0.05, 0.1) is 33.8 Å². The van der Waals surface area contributed by atoms with Crippen LogP contribution in [0.2, 0.25) is 5.02 Å². The number of nitrogens with zero attached hydrogens (tertiary/aromatic N) is 1. The zero-order valence-electron chi connectivity index (χ0n) is 17.6. The van der Waals surface area contributed by atoms with Crippen molar-refractivity contribution in [3.05, 3.63) is 69.7 Å². The first-order valence-electron chi connectivity index (χ1n) is 10.3. The van der Waals surface area contributed by atoms with Gasteiger partial charge >= 0.3 is 5.97 Å². The fourth-order valence-corrected chi connectivity index (χ4v) is 4.86. The van der Waals surface area contributed by atoms with Crippen molar-refractivity contribution < 1.29 is 23.9 Å². The van der Waals surface area contributed by atoms with Gasteiger partial charge in [-0.3, -0.25) is 19.3 Å². The van der Waals surface area contributed by atoms with E-state index in [2.05, 4.69) is 21.2 Å². The van der Waals surface area contributed by atoms with Crippen molar-refractivity contribution >= 4 is 62.6 Å². The van der Waals surface area contributed by atoms with Crippen LogP contribution in [0.15, 0.2) is 59.1 Å². The summed E-state index contributed by atoms with van der Waals surface area (Å²) >= 11 is 9.34. The molecule has 170 valence electrons. The number of ether oxygens (including phenoxy) is 1. The Morgan fingerprint density at radius 3 is 2.55 bits per heavy atom. The van der Waals surface area contributed by atoms with E-state index in [1.807, 2.05) is 19.1 Å². The van der Waals surface area contributed by atoms with E-state index >= 15 is 0 Å². The predicted molar refractivity (Wildman–Crippen MR) is 127 cm³/mol. The highest BCUT2D eigenvalue weighted by Gasteiger charge is 2.50. The number of rotatable bonds is 5. The molecule has 2 aromatic carbocycles. The molecule has 0 radical (unpaired) electrons. The molecule has 1 N–H and O–H groups in total. The Hall–Kier alpha value is -2.97. The molecule has 7 nitrogen and oxygen atoms in total. The molecule has 1 fully saturated rings. The van der Waals surface area contributed by atoms with Gasteiger partial charge in [-0.25, -0.2) is 4.79 Å². The number of hydrogen-bond donors (Lipinski definition) is 1. The molecular formula is C24H20BrClN2O5. The second-order valence-electron chi connectivity index (χ2n) is 7.96. The van der Waals surface area contributed by atoms with E-state index in [-0.39, 0.29) is 35.1 Å². The highest BCUT2D eigenvalue weighted by molar-refractivity contribution is 9.10. The SMILES string of the molecule is C[C@@H]1C=CC[C@H]2C(=O)N(c3ccc(C(=O)OCC(=O)Nc4ccc(Br)cc4Cl)cc3)C(=O)[C@@H]12. The van der Waals surface area contributed by atoms with Gasteiger partial charge in [0.2, 0.25) is 11.8 Å². The van der Waals surface area contributed by atoms with E-state index in [9.17, 15) is 19.2 Å². The molecule has 1 aliphatic heterocycles. The molecule has 3 atom stereocenters. The molecule has 4 rings (SSSR count). The Bertz CT molecular complexity index is 1160. The number of hydrogen-bond acceptors (Lipinski definition) is 5. The maximum atomic E-state index is 12.9. The van der Waals surface area contributed by atoms with E-state index in [0.717, 1.165) is 4.47 Å². The number of carbonyl (C=O) groups excluding carboxylic acids is 4. The predicted octanol–water partition coefficient (Wildman–Crippen LogP) is 4.60. The van der Waals surface area contributed by atoms with Crippen LogP contribution in [0.5, 0.6) is 0 Å². The smallest absolute Gasteiger partial charge is 0.338 e. The molecule has 0 bridgehead atoms. The number of amides is 3. The Kier molecular flexibility index (Phi) is 6.67. The Balaban J connectivity index is 1.37. The summed E-state index contributed by atoms with van der Waals surface area (Å²) in [5, 5.41) is 2.92. The van der Waals surface area contributed by atoms with Crippen LogP contribution in [0, 0.1) is 17.8 Å². The molecule has 0 saturated carbocycles. The Labute approximate surface area is 203 Å². The van der Waals surface area contributed by atoms with Crippen LogP contribution in [0.3, 0.4) is 0 Å². The molecular weight excluding hydrogens is 512 g/mol. The summed E-state index contributed by atoms with van der Waals surface area (Å²) in [4.78, 5) is 51.3. The first-order valence-corrected chi connectivity index (χ1v) is 11.5. The number of imide groups is 1. The van der Waals surface area contributed by atoms with Gasteiger partial charge in [0.1, 0.15) is 0 Å². The van der Waals surface area contributed by atoms with Gasteiger partial charge in [-0.15, -0.1) is 0 Å². The van der Waals surface area contributed by atoms with Gasteiger partial charge in [-0.2, -0.15) is 0 Å². The highest BCUT2D eigenvalue weighted by atomic mass is 79.9. The number of nitrogens with one attached hydrogen (secondary N) is 1. The summed E-state index contributed by atoms with van der Waals surface area (Å²) in [5.74, 6) is -2.39. The first kappa shape index (κ1) is 23.2. The lowest BCUT2D eigenvalue weighted by molar-refractivity contribution is -0.123. The summed E-state index contributed by atoms with van der Waals surface area (Å²) < 4.78 is 5.83. The largest absolute Gasteiger partial charge is 0.452 e. The molecule has 9 heteroatoms. The van der Waals surface area contributed by atoms with E-state index in [4.69, 9.17) is 16.3 Å². The summed E-state index contributed by atoms with van der Waals surface area (Å²) in [6, 6.07) is 11.0. The van der Waals surface area contributed by atoms with Crippen LogP contribution < -0.4 is 10.2 Å². The average molecular weight is 532 g/mol. The molecule has 0 aromatic heterocycles. The maximum absolute atomic E-state index is 12.9. The maximum Gasteiger partial charge on any atom is 0.338 e. The number of esters is 1. The quantitative estimate of drug-likeness (QED) is 0.346. The molecule has 33 heavy (non-hydrogen) atoms. The molecule has 1 aliphatic carbocycles. The Morgan fingerprint density at radius 1 is 1.15 bits per heavy atom. The molecule has 2 aromatic rings. The molecule has 0 spiro atoms. The molecule has 1 saturated heterocycles. The Morgan fingerprint density at radius 2 is 1.88 bits per heavy atom. The lowest BCUT2D eigenvalue weighted by Crippen LogP contribution is -2.31. The van der Waals surface area contributed by atoms with E-state index < -0.39 is 18.5 Å². The number of benzene rings is 2. The van der Waals surface area contributed by atoms with E-state index in [1.165, 1.54) is 29.2 Å². The van der Waals surface area contributed by atoms with Crippen LogP contribution in [-0.2, 0) is 19.1 Å². The average Bonchev–Trinajstić information content (AvgIpc) is 3.05. The number of halogens is 2. The lowest BCUT2D eigenvalue weighted by Gasteiger charge is -2.22. The van der Waals surface area contributed by atoms with Crippen molar-refractivity contribution in [1.29, 1.82) is 0 Å². The third kappa shape index (κ3) is 4.72. The van der Waals surface area contributed by atoms with Crippen LogP contribution in [0.4, 0.5) is 11.4 Å². The van der Waals surface area contributed by atoms with Gasteiger partial charge in [0.15, 0.2) is 6.61 Å². The number of carbonyl (C=O) groups is 4. The monoisotopic (exact) mass is 530 g/mol. The fraction of sp³-hybridized carbons (Fsp3) is 0.250. The third-order valence-electron chi connectivity index (χ3n) is 5.77. The second kappa shape index (κ2) is 9.49. The van der Waals surface area contributed by atoms with Crippen molar-refractivity contribution in [2.45, 2.75) is 13.3 Å². The van der Waals surface area contributed by atoms with Crippen molar-refractivity contribution in [3.63, 3.8) is 0 Å². The van der Waals surface area contributed by atoms with E-state index in [0.29, 0.717) is 22.8 Å². The van der Waals surface area contributed by atoms with Crippen molar-refractivity contribution in [2.24, 2.45) is 17.8 Å². The summed E-state index contributed by atoms with van der Waals surface area (Å²) in [7, 11) is 0. The summed E-state index contributed by atoms with van der Waals surface area (Å²) in [6.45, 7) is 1.44. The minimum atomic E-state index is -0.704. The normalized spacial score (nSPS) is 21.7. The van der Waals surface area contributed by atoms with Gasteiger partial charge in [-0.05, 0) is 54.8 Å². The highest BCUT2D eigenvalue weighted by Crippen LogP contribution is 2.40. The number of fused-ring (bicyclic) bond motifs is 1. The fourth-order valence-electron chi connectivity index (χ4n) is 4.14. The van der Waals surface area contributed by atoms with Gasteiger partial charge in [0.25, 0.3) is 5.91 Å². The standard InChI is InChI=1S/C24H20BrClN2O5/c1-13-3-2-4-17-21(13)23(31)28(22(17)30)16-8-5-14(6-9-16)24(32)33-12-20(29)27-19-10-7-15(25)11-18(19)26/h2-3,5-11,13,17,21H,4,12H2,1H3,(H,27,29)/t13-,17-,21+/m1/s1. The lowest BCUT2D eigenvalue weighted by atomic mass is 9.78. The first-order chi connectivity index (χ1) is 15.8. The van der Waals surface area contributed by atoms with Crippen LogP contribution in [-0.4, -0.2) is 30.3 Å². The van der Waals surface area contributed by atoms with Crippen molar-refractivity contribution in [1.82, 2.24) is 0 Å². The van der Waals surface area contributed by atoms with Crippen LogP contribution in [0.25, 0.3) is 0 Å². The molecule has 3 amide bonds.